The molecule has 0 amide bonds. The van der Waals surface area contributed by atoms with Gasteiger partial charge in [-0.1, -0.05) is 23.7 Å². The Bertz CT molecular complexity index is 654. The third-order valence-corrected chi connectivity index (χ3v) is 3.73. The van der Waals surface area contributed by atoms with Crippen molar-refractivity contribution in [2.45, 2.75) is 13.8 Å². The molecule has 0 atom stereocenters. The number of aromatic hydroxyl groups is 1. The van der Waals surface area contributed by atoms with Gasteiger partial charge in [-0.3, -0.25) is 5.43 Å². The van der Waals surface area contributed by atoms with Crippen LogP contribution in [0.3, 0.4) is 0 Å². The average molecular weight is 318 g/mol. The smallest absolute Gasteiger partial charge is 0.126 e. The molecule has 0 spiro atoms. The number of para-hydroxylation sites is 1. The minimum Gasteiger partial charge on any atom is -0.507 e. The number of hydrogen-bond acceptors (Lipinski definition) is 4. The van der Waals surface area contributed by atoms with E-state index in [1.807, 2.05) is 30.3 Å². The fourth-order valence-electron chi connectivity index (χ4n) is 2.15. The number of nitrogens with zero attached hydrogens (tertiary/aromatic N) is 2. The SMILES string of the molecule is CCN(CC)c1ccc(C=NNc2ccccc2Cl)c(O)c1. The Balaban J connectivity index is 2.10. The van der Waals surface area contributed by atoms with Crippen molar-refractivity contribution < 1.29 is 5.11 Å². The number of nitrogens with one attached hydrogen (secondary N) is 1. The number of benzene rings is 2. The highest BCUT2D eigenvalue weighted by Crippen LogP contribution is 2.24. The first-order valence-electron chi connectivity index (χ1n) is 7.27. The van der Waals surface area contributed by atoms with Crippen LogP contribution in [0.5, 0.6) is 5.75 Å². The van der Waals surface area contributed by atoms with Gasteiger partial charge in [-0.15, -0.1) is 0 Å². The second kappa shape index (κ2) is 7.71. The lowest BCUT2D eigenvalue weighted by atomic mass is 10.2. The molecule has 0 bridgehead atoms. The number of rotatable bonds is 6. The Hall–Kier alpha value is -2.20. The molecule has 0 aliphatic heterocycles. The van der Waals surface area contributed by atoms with Crippen LogP contribution in [0.15, 0.2) is 47.6 Å². The predicted molar refractivity (Wildman–Crippen MR) is 94.3 cm³/mol. The average Bonchev–Trinajstić information content (AvgIpc) is 2.52. The summed E-state index contributed by atoms with van der Waals surface area (Å²) in [7, 11) is 0. The van der Waals surface area contributed by atoms with E-state index >= 15 is 0 Å². The van der Waals surface area contributed by atoms with Crippen molar-refractivity contribution in [2.24, 2.45) is 5.10 Å². The Morgan fingerprint density at radius 3 is 2.55 bits per heavy atom. The van der Waals surface area contributed by atoms with Crippen LogP contribution in [0.1, 0.15) is 19.4 Å². The maximum Gasteiger partial charge on any atom is 0.126 e. The van der Waals surface area contributed by atoms with Crippen molar-refractivity contribution in [3.63, 3.8) is 0 Å². The molecule has 0 radical (unpaired) electrons. The maximum absolute atomic E-state index is 10.1. The number of phenolic OH excluding ortho intramolecular Hbond substituents is 1. The van der Waals surface area contributed by atoms with Crippen molar-refractivity contribution in [3.05, 3.63) is 53.1 Å². The van der Waals surface area contributed by atoms with Crippen LogP contribution in [0.2, 0.25) is 5.02 Å². The molecule has 22 heavy (non-hydrogen) atoms. The fourth-order valence-corrected chi connectivity index (χ4v) is 2.33. The van der Waals surface area contributed by atoms with E-state index < -0.39 is 0 Å². The number of hydrazone groups is 1. The summed E-state index contributed by atoms with van der Waals surface area (Å²) >= 11 is 6.03. The molecule has 116 valence electrons. The first-order chi connectivity index (χ1) is 10.7. The molecule has 4 nitrogen and oxygen atoms in total. The van der Waals surface area contributed by atoms with Crippen molar-refractivity contribution in [3.8, 4) is 5.75 Å². The first-order valence-corrected chi connectivity index (χ1v) is 7.65. The summed E-state index contributed by atoms with van der Waals surface area (Å²) in [6, 6.07) is 12.9. The maximum atomic E-state index is 10.1. The van der Waals surface area contributed by atoms with Gasteiger partial charge in [0.05, 0.1) is 16.9 Å². The molecule has 0 heterocycles. The molecule has 2 aromatic carbocycles. The lowest BCUT2D eigenvalue weighted by Gasteiger charge is -2.21. The molecule has 0 aromatic heterocycles. The second-order valence-electron chi connectivity index (χ2n) is 4.77. The molecule has 0 aliphatic carbocycles. The molecule has 0 unspecified atom stereocenters. The molecule has 0 aliphatic rings. The topological polar surface area (TPSA) is 47.9 Å². The van der Waals surface area contributed by atoms with E-state index in [9.17, 15) is 5.11 Å². The van der Waals surface area contributed by atoms with Crippen LogP contribution >= 0.6 is 11.6 Å². The van der Waals surface area contributed by atoms with Gasteiger partial charge in [0.1, 0.15) is 5.75 Å². The van der Waals surface area contributed by atoms with E-state index in [2.05, 4.69) is 29.3 Å². The van der Waals surface area contributed by atoms with E-state index in [-0.39, 0.29) is 5.75 Å². The Kier molecular flexibility index (Phi) is 5.67. The Morgan fingerprint density at radius 2 is 1.91 bits per heavy atom. The normalized spacial score (nSPS) is 10.9. The van der Waals surface area contributed by atoms with Crippen LogP contribution in [0, 0.1) is 0 Å². The van der Waals surface area contributed by atoms with Crippen LogP contribution in [-0.4, -0.2) is 24.4 Å². The monoisotopic (exact) mass is 317 g/mol. The fraction of sp³-hybridized carbons (Fsp3) is 0.235. The largest absolute Gasteiger partial charge is 0.507 e. The van der Waals surface area contributed by atoms with Gasteiger partial charge in [-0.2, -0.15) is 5.10 Å². The van der Waals surface area contributed by atoms with Crippen molar-refractivity contribution in [1.82, 2.24) is 0 Å². The van der Waals surface area contributed by atoms with Gasteiger partial charge >= 0.3 is 0 Å². The van der Waals surface area contributed by atoms with E-state index in [0.717, 1.165) is 24.5 Å². The quantitative estimate of drug-likeness (QED) is 0.615. The minimum atomic E-state index is 0.203. The summed E-state index contributed by atoms with van der Waals surface area (Å²) in [6.45, 7) is 5.97. The molecule has 2 N–H and O–H groups in total. The van der Waals surface area contributed by atoms with Crippen molar-refractivity contribution in [2.75, 3.05) is 23.4 Å². The van der Waals surface area contributed by atoms with Crippen molar-refractivity contribution in [1.29, 1.82) is 0 Å². The van der Waals surface area contributed by atoms with E-state index in [1.54, 1.807) is 18.3 Å². The summed E-state index contributed by atoms with van der Waals surface area (Å²) in [6.07, 6.45) is 1.57. The number of halogens is 1. The van der Waals surface area contributed by atoms with Crippen LogP contribution in [0.4, 0.5) is 11.4 Å². The first kappa shape index (κ1) is 16.2. The second-order valence-corrected chi connectivity index (χ2v) is 5.17. The zero-order valence-corrected chi connectivity index (χ0v) is 13.5. The standard InChI is InChI=1S/C17H20ClN3O/c1-3-21(4-2)14-10-9-13(17(22)11-14)12-19-20-16-8-6-5-7-15(16)18/h5-12,20,22H,3-4H2,1-2H3. The summed E-state index contributed by atoms with van der Waals surface area (Å²) in [5, 5.41) is 14.8. The molecule has 0 saturated heterocycles. The van der Waals surface area contributed by atoms with Gasteiger partial charge in [0, 0.05) is 30.4 Å². The van der Waals surface area contributed by atoms with Crippen molar-refractivity contribution >= 4 is 29.2 Å². The highest BCUT2D eigenvalue weighted by atomic mass is 35.5. The highest BCUT2D eigenvalue weighted by molar-refractivity contribution is 6.33. The van der Waals surface area contributed by atoms with Gasteiger partial charge in [0.15, 0.2) is 0 Å². The summed E-state index contributed by atoms with van der Waals surface area (Å²) in [5.41, 5.74) is 5.23. The van der Waals surface area contributed by atoms with Crippen LogP contribution < -0.4 is 10.3 Å². The van der Waals surface area contributed by atoms with E-state index in [0.29, 0.717) is 10.6 Å². The highest BCUT2D eigenvalue weighted by Gasteiger charge is 2.05. The molecular weight excluding hydrogens is 298 g/mol. The lowest BCUT2D eigenvalue weighted by molar-refractivity contribution is 0.474. The zero-order chi connectivity index (χ0) is 15.9. The van der Waals surface area contributed by atoms with Gasteiger partial charge in [-0.05, 0) is 38.1 Å². The molecule has 5 heteroatoms. The van der Waals surface area contributed by atoms with E-state index in [1.165, 1.54) is 0 Å². The summed E-state index contributed by atoms with van der Waals surface area (Å²) < 4.78 is 0. The zero-order valence-electron chi connectivity index (χ0n) is 12.8. The Labute approximate surface area is 136 Å². The number of anilines is 2. The van der Waals surface area contributed by atoms with Crippen LogP contribution in [-0.2, 0) is 0 Å². The van der Waals surface area contributed by atoms with Gasteiger partial charge < -0.3 is 10.0 Å². The van der Waals surface area contributed by atoms with Gasteiger partial charge in [0.2, 0.25) is 0 Å². The predicted octanol–water partition coefficient (Wildman–Crippen LogP) is 4.34. The Morgan fingerprint density at radius 1 is 1.18 bits per heavy atom. The number of hydrogen-bond donors (Lipinski definition) is 2. The van der Waals surface area contributed by atoms with Gasteiger partial charge in [0.25, 0.3) is 0 Å². The third-order valence-electron chi connectivity index (χ3n) is 3.41. The molecule has 0 fully saturated rings. The molecule has 2 rings (SSSR count). The minimum absolute atomic E-state index is 0.203. The molecular formula is C17H20ClN3O. The van der Waals surface area contributed by atoms with Crippen LogP contribution in [0.25, 0.3) is 0 Å². The van der Waals surface area contributed by atoms with E-state index in [4.69, 9.17) is 11.6 Å². The third kappa shape index (κ3) is 3.92. The summed E-state index contributed by atoms with van der Waals surface area (Å²) in [4.78, 5) is 2.17. The molecule has 0 saturated carbocycles. The van der Waals surface area contributed by atoms with Gasteiger partial charge in [-0.25, -0.2) is 0 Å². The lowest BCUT2D eigenvalue weighted by Crippen LogP contribution is -2.21. The summed E-state index contributed by atoms with van der Waals surface area (Å²) in [5.74, 6) is 0.203. The number of phenols is 1. The molecule has 2 aromatic rings.